The van der Waals surface area contributed by atoms with Crippen molar-refractivity contribution < 1.29 is 8.42 Å². The second-order valence-electron chi connectivity index (χ2n) is 11.8. The van der Waals surface area contributed by atoms with Crippen LogP contribution in [0.15, 0.2) is 36.5 Å². The number of rotatable bonds is 9. The predicted octanol–water partition coefficient (Wildman–Crippen LogP) is 6.23. The van der Waals surface area contributed by atoms with Crippen molar-refractivity contribution in [1.29, 1.82) is 0 Å². The molecule has 0 spiro atoms. The Labute approximate surface area is 275 Å². The highest BCUT2D eigenvalue weighted by molar-refractivity contribution is 7.92. The molecule has 238 valence electrons. The first-order chi connectivity index (χ1) is 20.8. The number of halogens is 3. The van der Waals surface area contributed by atoms with Gasteiger partial charge in [0.15, 0.2) is 5.82 Å². The number of nitrogens with zero attached hydrogens (tertiary/aromatic N) is 6. The molecular weight excluding hydrogens is 643 g/mol. The molecule has 1 unspecified atom stereocenters. The first-order valence-corrected chi connectivity index (χ1v) is 17.5. The molecule has 0 radical (unpaired) electrons. The number of aryl methyl sites for hydroxylation is 1. The van der Waals surface area contributed by atoms with E-state index in [1.165, 1.54) is 26.2 Å². The van der Waals surface area contributed by atoms with E-state index in [0.29, 0.717) is 39.2 Å². The van der Waals surface area contributed by atoms with Crippen LogP contribution in [0.3, 0.4) is 0 Å². The quantitative estimate of drug-likeness (QED) is 0.272. The first kappa shape index (κ1) is 32.8. The molecule has 2 aromatic carbocycles. The molecular formula is C30H39Cl3N8O2S. The molecule has 2 N–H and O–H groups in total. The molecule has 3 aromatic rings. The van der Waals surface area contributed by atoms with Gasteiger partial charge in [-0.15, -0.1) is 0 Å². The Bertz CT molecular complexity index is 1620. The Balaban J connectivity index is 1.29. The van der Waals surface area contributed by atoms with E-state index in [4.69, 9.17) is 34.8 Å². The van der Waals surface area contributed by atoms with Crippen molar-refractivity contribution in [1.82, 2.24) is 19.8 Å². The van der Waals surface area contributed by atoms with Crippen LogP contribution in [-0.2, 0) is 10.0 Å². The van der Waals surface area contributed by atoms with Gasteiger partial charge in [0, 0.05) is 56.0 Å². The van der Waals surface area contributed by atoms with Crippen LogP contribution in [0.5, 0.6) is 0 Å². The van der Waals surface area contributed by atoms with Crippen LogP contribution >= 0.6 is 34.8 Å². The van der Waals surface area contributed by atoms with Crippen LogP contribution in [0, 0.1) is 6.92 Å². The molecule has 3 heterocycles. The minimum absolute atomic E-state index is 0.246. The van der Waals surface area contributed by atoms with E-state index in [-0.39, 0.29) is 16.8 Å². The average Bonchev–Trinajstić information content (AvgIpc) is 3.47. The van der Waals surface area contributed by atoms with Crippen LogP contribution < -0.4 is 19.8 Å². The fourth-order valence-electron chi connectivity index (χ4n) is 5.93. The van der Waals surface area contributed by atoms with Gasteiger partial charge in [-0.1, -0.05) is 34.8 Å². The Hall–Kier alpha value is -2.54. The Morgan fingerprint density at radius 3 is 2.32 bits per heavy atom. The molecule has 14 heteroatoms. The normalized spacial score (nSPS) is 18.2. The van der Waals surface area contributed by atoms with Crippen LogP contribution in [0.1, 0.15) is 24.8 Å². The summed E-state index contributed by atoms with van der Waals surface area (Å²) >= 11 is 19.4. The molecule has 0 amide bonds. The van der Waals surface area contributed by atoms with E-state index in [0.717, 1.165) is 54.3 Å². The van der Waals surface area contributed by atoms with E-state index in [2.05, 4.69) is 56.3 Å². The third-order valence-electron chi connectivity index (χ3n) is 8.57. The lowest BCUT2D eigenvalue weighted by molar-refractivity contribution is 0.189. The van der Waals surface area contributed by atoms with Gasteiger partial charge in [-0.25, -0.2) is 13.4 Å². The van der Waals surface area contributed by atoms with Gasteiger partial charge in [0.05, 0.1) is 34.5 Å². The zero-order chi connectivity index (χ0) is 31.8. The molecule has 0 aliphatic carbocycles. The summed E-state index contributed by atoms with van der Waals surface area (Å²) in [6, 6.07) is 10.1. The molecule has 0 saturated carbocycles. The molecule has 1 atom stereocenters. The summed E-state index contributed by atoms with van der Waals surface area (Å²) in [5.41, 5.74) is 3.71. The Morgan fingerprint density at radius 1 is 0.932 bits per heavy atom. The molecule has 10 nitrogen and oxygen atoms in total. The standard InChI is InChI=1S/C30H39Cl3N8O2S/c1-19-14-25(23(32)16-28(19)40-11-8-21(9-12-40)41-13-10-22(18-41)38(2)3)36-30-34-17-24(33)29(37-30)35-26-15-20(31)6-7-27(26)39(4)44(5,42)43/h6-7,14-17,21-22H,8-13,18H2,1-5H3,(H2,34,35,36,37). The van der Waals surface area contributed by atoms with Crippen molar-refractivity contribution >= 4 is 79.3 Å². The lowest BCUT2D eigenvalue weighted by atomic mass is 10.0. The van der Waals surface area contributed by atoms with Crippen molar-refractivity contribution in [2.75, 3.05) is 73.4 Å². The zero-order valence-corrected chi connectivity index (χ0v) is 28.7. The number of likely N-dealkylation sites (tertiary alicyclic amines) is 1. The number of benzene rings is 2. The van der Waals surface area contributed by atoms with Gasteiger partial charge < -0.3 is 20.4 Å². The number of anilines is 6. The fourth-order valence-corrected chi connectivity index (χ4v) is 6.96. The van der Waals surface area contributed by atoms with Gasteiger partial charge in [-0.3, -0.25) is 9.21 Å². The van der Waals surface area contributed by atoms with Crippen LogP contribution in [0.25, 0.3) is 0 Å². The first-order valence-electron chi connectivity index (χ1n) is 14.6. The van der Waals surface area contributed by atoms with Gasteiger partial charge in [0.1, 0.15) is 5.02 Å². The van der Waals surface area contributed by atoms with Crippen molar-refractivity contribution in [2.45, 2.75) is 38.3 Å². The van der Waals surface area contributed by atoms with E-state index in [1.54, 1.807) is 18.2 Å². The molecule has 2 aliphatic rings. The smallest absolute Gasteiger partial charge is 0.232 e. The Morgan fingerprint density at radius 2 is 1.66 bits per heavy atom. The minimum Gasteiger partial charge on any atom is -0.371 e. The molecule has 1 aromatic heterocycles. The van der Waals surface area contributed by atoms with Crippen molar-refractivity contribution in [3.05, 3.63) is 57.2 Å². The number of hydrogen-bond acceptors (Lipinski definition) is 9. The predicted molar refractivity (Wildman–Crippen MR) is 183 cm³/mol. The molecule has 44 heavy (non-hydrogen) atoms. The molecule has 5 rings (SSSR count). The maximum absolute atomic E-state index is 12.2. The Kier molecular flexibility index (Phi) is 10.0. The number of nitrogens with one attached hydrogen (secondary N) is 2. The molecule has 2 aliphatic heterocycles. The highest BCUT2D eigenvalue weighted by Crippen LogP contribution is 2.37. The number of aromatic nitrogens is 2. The monoisotopic (exact) mass is 680 g/mol. The second-order valence-corrected chi connectivity index (χ2v) is 15.0. The number of hydrogen-bond donors (Lipinski definition) is 2. The third-order valence-corrected chi connectivity index (χ3v) is 10.6. The maximum atomic E-state index is 12.2. The van der Waals surface area contributed by atoms with Crippen molar-refractivity contribution in [3.63, 3.8) is 0 Å². The number of sulfonamides is 1. The SMILES string of the molecule is Cc1cc(Nc2ncc(Cl)c(Nc3cc(Cl)ccc3N(C)S(C)(=O)=O)n2)c(Cl)cc1N1CCC(N2CCC(N(C)C)C2)CC1. The van der Waals surface area contributed by atoms with Gasteiger partial charge in [-0.05, 0) is 76.2 Å². The summed E-state index contributed by atoms with van der Waals surface area (Å²) in [7, 11) is 2.29. The largest absolute Gasteiger partial charge is 0.371 e. The number of likely N-dealkylation sites (N-methyl/N-ethyl adjacent to an activating group) is 1. The van der Waals surface area contributed by atoms with Gasteiger partial charge in [0.25, 0.3) is 0 Å². The zero-order valence-electron chi connectivity index (χ0n) is 25.6. The van der Waals surface area contributed by atoms with E-state index < -0.39 is 10.0 Å². The second kappa shape index (κ2) is 13.4. The fraction of sp³-hybridized carbons (Fsp3) is 0.467. The summed E-state index contributed by atoms with van der Waals surface area (Å²) in [5.74, 6) is 0.547. The highest BCUT2D eigenvalue weighted by Gasteiger charge is 2.32. The van der Waals surface area contributed by atoms with Gasteiger partial charge in [0.2, 0.25) is 16.0 Å². The van der Waals surface area contributed by atoms with E-state index in [9.17, 15) is 8.42 Å². The van der Waals surface area contributed by atoms with Gasteiger partial charge in [-0.2, -0.15) is 4.98 Å². The summed E-state index contributed by atoms with van der Waals surface area (Å²) < 4.78 is 25.6. The minimum atomic E-state index is -3.52. The van der Waals surface area contributed by atoms with Crippen molar-refractivity contribution in [3.8, 4) is 0 Å². The highest BCUT2D eigenvalue weighted by atomic mass is 35.5. The molecule has 0 bridgehead atoms. The van der Waals surface area contributed by atoms with Gasteiger partial charge >= 0.3 is 0 Å². The molecule has 2 saturated heterocycles. The summed E-state index contributed by atoms with van der Waals surface area (Å²) in [6.07, 6.45) is 6.11. The van der Waals surface area contributed by atoms with Crippen LogP contribution in [-0.4, -0.2) is 93.8 Å². The maximum Gasteiger partial charge on any atom is 0.232 e. The summed E-state index contributed by atoms with van der Waals surface area (Å²) in [4.78, 5) is 16.3. The van der Waals surface area contributed by atoms with E-state index >= 15 is 0 Å². The number of piperidine rings is 1. The lowest BCUT2D eigenvalue weighted by Gasteiger charge is -2.38. The summed E-state index contributed by atoms with van der Waals surface area (Å²) in [6.45, 7) is 6.41. The van der Waals surface area contributed by atoms with E-state index in [1.807, 2.05) is 12.1 Å². The third kappa shape index (κ3) is 7.46. The topological polar surface area (TPSA) is 96.9 Å². The van der Waals surface area contributed by atoms with Crippen molar-refractivity contribution in [2.24, 2.45) is 0 Å². The van der Waals surface area contributed by atoms with Crippen LogP contribution in [0.2, 0.25) is 15.1 Å². The lowest BCUT2D eigenvalue weighted by Crippen LogP contribution is -2.45. The average molecular weight is 682 g/mol. The molecule has 2 fully saturated rings. The summed E-state index contributed by atoms with van der Waals surface area (Å²) in [5, 5.41) is 7.55. The van der Waals surface area contributed by atoms with Crippen LogP contribution in [0.4, 0.5) is 34.5 Å².